The SMILES string of the molecule is CC1CCCN(Cc2ccccc2CNC(=O)Cn2nnc3ccccc3c2=O)C1. The second-order valence-corrected chi connectivity index (χ2v) is 8.10. The van der Waals surface area contributed by atoms with E-state index < -0.39 is 0 Å². The quantitative estimate of drug-likeness (QED) is 0.681. The number of carbonyl (C=O) groups is 1. The average molecular weight is 406 g/mol. The maximum absolute atomic E-state index is 12.5. The Morgan fingerprint density at radius 2 is 1.90 bits per heavy atom. The van der Waals surface area contributed by atoms with Crippen molar-refractivity contribution in [1.82, 2.24) is 25.2 Å². The van der Waals surface area contributed by atoms with Gasteiger partial charge in [-0.05, 0) is 48.6 Å². The van der Waals surface area contributed by atoms with Crippen molar-refractivity contribution in [2.24, 2.45) is 5.92 Å². The van der Waals surface area contributed by atoms with Crippen molar-refractivity contribution < 1.29 is 4.79 Å². The van der Waals surface area contributed by atoms with Crippen molar-refractivity contribution >= 4 is 16.8 Å². The molecule has 4 rings (SSSR count). The highest BCUT2D eigenvalue weighted by Crippen LogP contribution is 2.19. The Hall–Kier alpha value is -3.06. The van der Waals surface area contributed by atoms with Gasteiger partial charge in [0.1, 0.15) is 12.1 Å². The summed E-state index contributed by atoms with van der Waals surface area (Å²) in [7, 11) is 0. The molecule has 7 nitrogen and oxygen atoms in total. The molecule has 7 heteroatoms. The minimum Gasteiger partial charge on any atom is -0.350 e. The molecule has 2 aromatic carbocycles. The zero-order chi connectivity index (χ0) is 20.9. The number of rotatable bonds is 6. The van der Waals surface area contributed by atoms with Crippen LogP contribution >= 0.6 is 0 Å². The number of aromatic nitrogens is 3. The highest BCUT2D eigenvalue weighted by atomic mass is 16.2. The van der Waals surface area contributed by atoms with Crippen LogP contribution in [-0.2, 0) is 24.4 Å². The largest absolute Gasteiger partial charge is 0.350 e. The molecule has 30 heavy (non-hydrogen) atoms. The first-order valence-electron chi connectivity index (χ1n) is 10.5. The van der Waals surface area contributed by atoms with Crippen LogP contribution in [0.1, 0.15) is 30.9 Å². The summed E-state index contributed by atoms with van der Waals surface area (Å²) in [5.74, 6) is 0.468. The lowest BCUT2D eigenvalue weighted by Crippen LogP contribution is -2.35. The number of hydrogen-bond donors (Lipinski definition) is 1. The van der Waals surface area contributed by atoms with Gasteiger partial charge in [-0.25, -0.2) is 4.68 Å². The zero-order valence-electron chi connectivity index (χ0n) is 17.3. The highest BCUT2D eigenvalue weighted by Gasteiger charge is 2.17. The van der Waals surface area contributed by atoms with E-state index in [1.54, 1.807) is 24.3 Å². The van der Waals surface area contributed by atoms with Gasteiger partial charge in [0.2, 0.25) is 5.91 Å². The molecule has 1 aliphatic heterocycles. The minimum atomic E-state index is -0.310. The molecule has 1 aliphatic rings. The molecule has 1 unspecified atom stereocenters. The Bertz CT molecular complexity index is 1090. The van der Waals surface area contributed by atoms with Crippen LogP contribution in [0.3, 0.4) is 0 Å². The molecular weight excluding hydrogens is 378 g/mol. The molecule has 1 aromatic heterocycles. The van der Waals surface area contributed by atoms with Crippen LogP contribution in [0.5, 0.6) is 0 Å². The zero-order valence-corrected chi connectivity index (χ0v) is 17.3. The first-order chi connectivity index (χ1) is 14.6. The van der Waals surface area contributed by atoms with Gasteiger partial charge in [0.05, 0.1) is 5.39 Å². The fraction of sp³-hybridized carbons (Fsp3) is 0.391. The van der Waals surface area contributed by atoms with Crippen molar-refractivity contribution in [3.8, 4) is 0 Å². The third kappa shape index (κ3) is 4.74. The van der Waals surface area contributed by atoms with E-state index in [4.69, 9.17) is 0 Å². The topological polar surface area (TPSA) is 80.1 Å². The third-order valence-corrected chi connectivity index (χ3v) is 5.65. The summed E-state index contributed by atoms with van der Waals surface area (Å²) in [6.07, 6.45) is 2.53. The smallest absolute Gasteiger partial charge is 0.278 e. The third-order valence-electron chi connectivity index (χ3n) is 5.65. The first kappa shape index (κ1) is 20.2. The number of amides is 1. The predicted molar refractivity (Wildman–Crippen MR) is 116 cm³/mol. The summed E-state index contributed by atoms with van der Waals surface area (Å²) in [6.45, 7) is 5.71. The van der Waals surface area contributed by atoms with E-state index in [1.807, 2.05) is 18.2 Å². The molecule has 2 heterocycles. The van der Waals surface area contributed by atoms with Gasteiger partial charge in [-0.2, -0.15) is 0 Å². The number of fused-ring (bicyclic) bond motifs is 1. The molecule has 0 spiro atoms. The second-order valence-electron chi connectivity index (χ2n) is 8.10. The molecule has 1 fully saturated rings. The second kappa shape index (κ2) is 9.17. The molecule has 0 aliphatic carbocycles. The van der Waals surface area contributed by atoms with Crippen LogP contribution < -0.4 is 10.9 Å². The Morgan fingerprint density at radius 1 is 1.13 bits per heavy atom. The van der Waals surface area contributed by atoms with Crippen molar-refractivity contribution in [3.63, 3.8) is 0 Å². The lowest BCUT2D eigenvalue weighted by atomic mass is 9.99. The monoisotopic (exact) mass is 405 g/mol. The van der Waals surface area contributed by atoms with Gasteiger partial charge in [-0.3, -0.25) is 14.5 Å². The first-order valence-corrected chi connectivity index (χ1v) is 10.5. The molecule has 1 atom stereocenters. The Morgan fingerprint density at radius 3 is 2.73 bits per heavy atom. The molecular formula is C23H27N5O2. The summed E-state index contributed by atoms with van der Waals surface area (Å²) in [4.78, 5) is 27.5. The Kier molecular flexibility index (Phi) is 6.18. The number of benzene rings is 2. The van der Waals surface area contributed by atoms with Gasteiger partial charge in [-0.1, -0.05) is 48.5 Å². The van der Waals surface area contributed by atoms with Crippen LogP contribution in [0.15, 0.2) is 53.3 Å². The normalized spacial score (nSPS) is 17.2. The minimum absolute atomic E-state index is 0.150. The number of likely N-dealkylation sites (tertiary alicyclic amines) is 1. The molecule has 0 bridgehead atoms. The molecule has 156 valence electrons. The lowest BCUT2D eigenvalue weighted by molar-refractivity contribution is -0.122. The van der Waals surface area contributed by atoms with E-state index in [0.29, 0.717) is 17.4 Å². The summed E-state index contributed by atoms with van der Waals surface area (Å²) >= 11 is 0. The van der Waals surface area contributed by atoms with Gasteiger partial charge in [0, 0.05) is 19.6 Å². The fourth-order valence-electron chi connectivity index (χ4n) is 4.07. The van der Waals surface area contributed by atoms with E-state index in [-0.39, 0.29) is 18.0 Å². The van der Waals surface area contributed by atoms with Gasteiger partial charge in [0.15, 0.2) is 0 Å². The van der Waals surface area contributed by atoms with E-state index >= 15 is 0 Å². The van der Waals surface area contributed by atoms with Crippen molar-refractivity contribution in [1.29, 1.82) is 0 Å². The van der Waals surface area contributed by atoms with Crippen LogP contribution in [0, 0.1) is 5.92 Å². The van der Waals surface area contributed by atoms with Crippen LogP contribution in [-0.4, -0.2) is 38.9 Å². The van der Waals surface area contributed by atoms with Crippen LogP contribution in [0.2, 0.25) is 0 Å². The Balaban J connectivity index is 1.40. The van der Waals surface area contributed by atoms with Crippen molar-refractivity contribution in [3.05, 3.63) is 70.0 Å². The summed E-state index contributed by atoms with van der Waals surface area (Å²) in [5, 5.41) is 11.3. The maximum atomic E-state index is 12.5. The summed E-state index contributed by atoms with van der Waals surface area (Å²) < 4.78 is 1.11. The number of piperidine rings is 1. The summed E-state index contributed by atoms with van der Waals surface area (Å²) in [6, 6.07) is 15.2. The molecule has 1 amide bonds. The number of carbonyl (C=O) groups excluding carboxylic acids is 1. The Labute approximate surface area is 175 Å². The number of nitrogens with zero attached hydrogens (tertiary/aromatic N) is 4. The molecule has 3 aromatic rings. The maximum Gasteiger partial charge on any atom is 0.278 e. The van der Waals surface area contributed by atoms with Gasteiger partial charge in [-0.15, -0.1) is 5.10 Å². The predicted octanol–water partition coefficient (Wildman–Crippen LogP) is 2.34. The average Bonchev–Trinajstić information content (AvgIpc) is 2.75. The molecule has 0 radical (unpaired) electrons. The number of hydrogen-bond acceptors (Lipinski definition) is 5. The van der Waals surface area contributed by atoms with Gasteiger partial charge in [0.25, 0.3) is 5.56 Å². The van der Waals surface area contributed by atoms with E-state index in [1.165, 1.54) is 18.4 Å². The van der Waals surface area contributed by atoms with Crippen molar-refractivity contribution in [2.75, 3.05) is 13.1 Å². The lowest BCUT2D eigenvalue weighted by Gasteiger charge is -2.31. The van der Waals surface area contributed by atoms with Gasteiger partial charge < -0.3 is 5.32 Å². The van der Waals surface area contributed by atoms with Crippen LogP contribution in [0.4, 0.5) is 0 Å². The van der Waals surface area contributed by atoms with E-state index in [9.17, 15) is 9.59 Å². The van der Waals surface area contributed by atoms with E-state index in [0.717, 1.165) is 35.8 Å². The molecule has 1 N–H and O–H groups in total. The highest BCUT2D eigenvalue weighted by molar-refractivity contribution is 5.78. The standard InChI is InChI=1S/C23H27N5O2/c1-17-7-6-12-27(14-17)15-19-9-3-2-8-18(19)13-24-22(29)16-28-23(30)20-10-4-5-11-21(20)25-26-28/h2-5,8-11,17H,6-7,12-16H2,1H3,(H,24,29). The summed E-state index contributed by atoms with van der Waals surface area (Å²) in [5.41, 5.74) is 2.55. The number of nitrogens with one attached hydrogen (secondary N) is 1. The molecule has 1 saturated heterocycles. The van der Waals surface area contributed by atoms with Gasteiger partial charge >= 0.3 is 0 Å². The van der Waals surface area contributed by atoms with E-state index in [2.05, 4.69) is 33.5 Å². The molecule has 0 saturated carbocycles. The van der Waals surface area contributed by atoms with Crippen molar-refractivity contribution in [2.45, 2.75) is 39.4 Å². The fourth-order valence-corrected chi connectivity index (χ4v) is 4.07. The van der Waals surface area contributed by atoms with Crippen LogP contribution in [0.25, 0.3) is 10.9 Å².